The van der Waals surface area contributed by atoms with E-state index < -0.39 is 10.9 Å². The van der Waals surface area contributed by atoms with Gasteiger partial charge in [-0.05, 0) is 18.6 Å². The lowest BCUT2D eigenvalue weighted by molar-refractivity contribution is -0.404. The Morgan fingerprint density at radius 3 is 2.83 bits per heavy atom. The van der Waals surface area contributed by atoms with Crippen LogP contribution in [0.15, 0.2) is 30.4 Å². The van der Waals surface area contributed by atoms with Crippen molar-refractivity contribution in [3.63, 3.8) is 0 Å². The third-order valence-corrected chi connectivity index (χ3v) is 2.37. The molecule has 0 aliphatic rings. The highest BCUT2D eigenvalue weighted by Crippen LogP contribution is 2.08. The summed E-state index contributed by atoms with van der Waals surface area (Å²) in [5.41, 5.74) is 0.780. The number of halogens is 1. The SMILES string of the molecule is CCN(Cc1ccc(F)nc1)/C(=C/[N+](=O)[O-])NC. The van der Waals surface area contributed by atoms with Crippen LogP contribution in [0.25, 0.3) is 0 Å². The van der Waals surface area contributed by atoms with E-state index in [0.29, 0.717) is 18.9 Å². The van der Waals surface area contributed by atoms with Gasteiger partial charge in [0.05, 0.1) is 4.92 Å². The summed E-state index contributed by atoms with van der Waals surface area (Å²) in [6, 6.07) is 2.86. The quantitative estimate of drug-likeness (QED) is 0.471. The summed E-state index contributed by atoms with van der Waals surface area (Å²) in [7, 11) is 1.61. The molecule has 1 aromatic rings. The van der Waals surface area contributed by atoms with Gasteiger partial charge in [-0.25, -0.2) is 4.98 Å². The van der Waals surface area contributed by atoms with Crippen molar-refractivity contribution in [2.24, 2.45) is 0 Å². The minimum atomic E-state index is -0.545. The van der Waals surface area contributed by atoms with Crippen LogP contribution >= 0.6 is 0 Å². The number of aromatic nitrogens is 1. The van der Waals surface area contributed by atoms with Crippen molar-refractivity contribution in [2.75, 3.05) is 13.6 Å². The molecule has 1 rings (SSSR count). The Kier molecular flexibility index (Phi) is 5.04. The first-order chi connectivity index (χ1) is 8.56. The predicted octanol–water partition coefficient (Wildman–Crippen LogP) is 1.34. The van der Waals surface area contributed by atoms with Crippen LogP contribution in [0, 0.1) is 16.1 Å². The van der Waals surface area contributed by atoms with Gasteiger partial charge in [-0.2, -0.15) is 4.39 Å². The molecule has 0 atom stereocenters. The lowest BCUT2D eigenvalue weighted by atomic mass is 10.2. The number of pyridine rings is 1. The van der Waals surface area contributed by atoms with Crippen molar-refractivity contribution >= 4 is 0 Å². The second-order valence-electron chi connectivity index (χ2n) is 3.55. The average Bonchev–Trinajstić information content (AvgIpc) is 2.35. The van der Waals surface area contributed by atoms with Gasteiger partial charge in [0.15, 0.2) is 5.82 Å². The summed E-state index contributed by atoms with van der Waals surface area (Å²) in [4.78, 5) is 15.3. The zero-order valence-corrected chi connectivity index (χ0v) is 10.3. The molecule has 0 saturated carbocycles. The number of nitrogens with zero attached hydrogens (tertiary/aromatic N) is 3. The maximum Gasteiger partial charge on any atom is 0.274 e. The highest BCUT2D eigenvalue weighted by Gasteiger charge is 2.11. The maximum absolute atomic E-state index is 12.7. The number of hydrogen-bond acceptors (Lipinski definition) is 5. The number of rotatable bonds is 6. The number of nitrogens with one attached hydrogen (secondary N) is 1. The van der Waals surface area contributed by atoms with Crippen molar-refractivity contribution < 1.29 is 9.31 Å². The van der Waals surface area contributed by atoms with Gasteiger partial charge in [-0.15, -0.1) is 0 Å². The summed E-state index contributed by atoms with van der Waals surface area (Å²) in [6.07, 6.45) is 2.32. The molecule has 0 bridgehead atoms. The molecule has 98 valence electrons. The Morgan fingerprint density at radius 1 is 1.67 bits per heavy atom. The molecule has 1 aromatic heterocycles. The van der Waals surface area contributed by atoms with Crippen molar-refractivity contribution in [1.29, 1.82) is 0 Å². The van der Waals surface area contributed by atoms with E-state index >= 15 is 0 Å². The molecule has 0 radical (unpaired) electrons. The van der Waals surface area contributed by atoms with Crippen molar-refractivity contribution in [2.45, 2.75) is 13.5 Å². The first kappa shape index (κ1) is 13.9. The number of nitro groups is 1. The van der Waals surface area contributed by atoms with Crippen LogP contribution in [-0.4, -0.2) is 28.4 Å². The van der Waals surface area contributed by atoms with Crippen LogP contribution in [0.5, 0.6) is 0 Å². The summed E-state index contributed by atoms with van der Waals surface area (Å²) in [5, 5.41) is 13.3. The molecular formula is C11H15FN4O2. The van der Waals surface area contributed by atoms with Gasteiger partial charge >= 0.3 is 0 Å². The molecule has 1 N–H and O–H groups in total. The maximum atomic E-state index is 12.7. The number of hydrogen-bond donors (Lipinski definition) is 1. The third-order valence-electron chi connectivity index (χ3n) is 2.37. The molecule has 0 aliphatic heterocycles. The van der Waals surface area contributed by atoms with Crippen LogP contribution < -0.4 is 5.32 Å². The topological polar surface area (TPSA) is 71.3 Å². The summed E-state index contributed by atoms with van der Waals surface area (Å²) in [5.74, 6) is -0.150. The van der Waals surface area contributed by atoms with Gasteiger partial charge in [0.1, 0.15) is 0 Å². The van der Waals surface area contributed by atoms with Crippen LogP contribution in [0.3, 0.4) is 0 Å². The first-order valence-electron chi connectivity index (χ1n) is 5.45. The highest BCUT2D eigenvalue weighted by molar-refractivity contribution is 5.11. The van der Waals surface area contributed by atoms with Crippen molar-refractivity contribution in [3.05, 3.63) is 52.0 Å². The first-order valence-corrected chi connectivity index (χ1v) is 5.45. The minimum Gasteiger partial charge on any atom is -0.370 e. The van der Waals surface area contributed by atoms with E-state index in [2.05, 4.69) is 10.3 Å². The second-order valence-corrected chi connectivity index (χ2v) is 3.55. The van der Waals surface area contributed by atoms with E-state index in [4.69, 9.17) is 0 Å². The molecular weight excluding hydrogens is 239 g/mol. The fourth-order valence-corrected chi connectivity index (χ4v) is 1.49. The Labute approximate surface area is 104 Å². The lowest BCUT2D eigenvalue weighted by Gasteiger charge is -2.23. The summed E-state index contributed by atoms with van der Waals surface area (Å²) < 4.78 is 12.7. The molecule has 6 nitrogen and oxygen atoms in total. The van der Waals surface area contributed by atoms with Gasteiger partial charge in [0.25, 0.3) is 6.20 Å². The Hall–Kier alpha value is -2.18. The Morgan fingerprint density at radius 2 is 2.39 bits per heavy atom. The minimum absolute atomic E-state index is 0.395. The lowest BCUT2D eigenvalue weighted by Crippen LogP contribution is -2.30. The molecule has 0 amide bonds. The normalized spacial score (nSPS) is 11.2. The zero-order chi connectivity index (χ0) is 13.5. The Bertz CT molecular complexity index is 433. The van der Waals surface area contributed by atoms with E-state index in [9.17, 15) is 14.5 Å². The fourth-order valence-electron chi connectivity index (χ4n) is 1.49. The molecule has 0 aliphatic carbocycles. The van der Waals surface area contributed by atoms with E-state index in [1.165, 1.54) is 12.3 Å². The zero-order valence-electron chi connectivity index (χ0n) is 10.3. The molecule has 1 heterocycles. The average molecular weight is 254 g/mol. The van der Waals surface area contributed by atoms with Crippen LogP contribution in [0.1, 0.15) is 12.5 Å². The van der Waals surface area contributed by atoms with Crippen molar-refractivity contribution in [1.82, 2.24) is 15.2 Å². The van der Waals surface area contributed by atoms with Gasteiger partial charge in [0, 0.05) is 26.3 Å². The molecule has 0 spiro atoms. The van der Waals surface area contributed by atoms with Gasteiger partial charge < -0.3 is 10.2 Å². The largest absolute Gasteiger partial charge is 0.370 e. The molecule has 7 heteroatoms. The van der Waals surface area contributed by atoms with Gasteiger partial charge in [0.2, 0.25) is 5.95 Å². The van der Waals surface area contributed by atoms with Crippen LogP contribution in [-0.2, 0) is 6.54 Å². The fraction of sp³-hybridized carbons (Fsp3) is 0.364. The second kappa shape index (κ2) is 6.53. The molecule has 18 heavy (non-hydrogen) atoms. The molecule has 0 saturated heterocycles. The molecule has 0 unspecified atom stereocenters. The van der Waals surface area contributed by atoms with E-state index in [-0.39, 0.29) is 0 Å². The van der Waals surface area contributed by atoms with Crippen molar-refractivity contribution in [3.8, 4) is 0 Å². The predicted molar refractivity (Wildman–Crippen MR) is 64.4 cm³/mol. The smallest absolute Gasteiger partial charge is 0.274 e. The van der Waals surface area contributed by atoms with Gasteiger partial charge in [-0.1, -0.05) is 6.07 Å². The standard InChI is InChI=1S/C11H15FN4O2/c1-3-15(11(13-2)8-16(17)18)7-9-4-5-10(12)14-6-9/h4-6,8,13H,3,7H2,1-2H3/b11-8+. The molecule has 0 aromatic carbocycles. The van der Waals surface area contributed by atoms with E-state index in [0.717, 1.165) is 11.8 Å². The van der Waals surface area contributed by atoms with Crippen LogP contribution in [0.4, 0.5) is 4.39 Å². The highest BCUT2D eigenvalue weighted by atomic mass is 19.1. The summed E-state index contributed by atoms with van der Waals surface area (Å²) in [6.45, 7) is 2.88. The Balaban J connectivity index is 2.83. The molecule has 0 fully saturated rings. The summed E-state index contributed by atoms with van der Waals surface area (Å²) >= 11 is 0. The van der Waals surface area contributed by atoms with Crippen LogP contribution in [0.2, 0.25) is 0 Å². The van der Waals surface area contributed by atoms with E-state index in [1.54, 1.807) is 18.0 Å². The van der Waals surface area contributed by atoms with Gasteiger partial charge in [-0.3, -0.25) is 10.1 Å². The monoisotopic (exact) mass is 254 g/mol. The van der Waals surface area contributed by atoms with E-state index in [1.807, 2.05) is 6.92 Å². The third kappa shape index (κ3) is 4.00.